The number of hydrogen-bond acceptors (Lipinski definition) is 3. The van der Waals surface area contributed by atoms with Gasteiger partial charge >= 0.3 is 0 Å². The minimum absolute atomic E-state index is 0.548. The molecule has 0 spiro atoms. The van der Waals surface area contributed by atoms with Gasteiger partial charge in [0.05, 0.1) is 14.9 Å². The second-order valence-corrected chi connectivity index (χ2v) is 8.13. The zero-order valence-electron chi connectivity index (χ0n) is 13.0. The van der Waals surface area contributed by atoms with Gasteiger partial charge in [0.2, 0.25) is 0 Å². The highest BCUT2D eigenvalue weighted by Gasteiger charge is 2.10. The van der Waals surface area contributed by atoms with Gasteiger partial charge in [-0.1, -0.05) is 64.6 Å². The smallest absolute Gasteiger partial charge is 0.107 e. The highest BCUT2D eigenvalue weighted by Crippen LogP contribution is 2.36. The number of benzene rings is 2. The van der Waals surface area contributed by atoms with Gasteiger partial charge in [0.1, 0.15) is 5.01 Å². The summed E-state index contributed by atoms with van der Waals surface area (Å²) in [7, 11) is 0. The van der Waals surface area contributed by atoms with E-state index in [-0.39, 0.29) is 0 Å². The van der Waals surface area contributed by atoms with E-state index in [0.29, 0.717) is 26.6 Å². The summed E-state index contributed by atoms with van der Waals surface area (Å²) in [5, 5.41) is 6.83. The maximum atomic E-state index is 6.27. The van der Waals surface area contributed by atoms with Crippen molar-refractivity contribution in [2.75, 3.05) is 6.54 Å². The molecular formula is C18H14Cl4N2S. The quantitative estimate of drug-likeness (QED) is 0.436. The van der Waals surface area contributed by atoms with E-state index in [4.69, 9.17) is 46.4 Å². The minimum atomic E-state index is 0.548. The van der Waals surface area contributed by atoms with Crippen molar-refractivity contribution in [2.24, 2.45) is 0 Å². The first-order valence-electron chi connectivity index (χ1n) is 7.58. The van der Waals surface area contributed by atoms with E-state index < -0.39 is 0 Å². The van der Waals surface area contributed by atoms with Crippen molar-refractivity contribution >= 4 is 57.7 Å². The van der Waals surface area contributed by atoms with E-state index in [1.54, 1.807) is 23.5 Å². The third kappa shape index (κ3) is 4.88. The fraction of sp³-hybridized carbons (Fsp3) is 0.167. The summed E-state index contributed by atoms with van der Waals surface area (Å²) in [5.41, 5.74) is 1.98. The van der Waals surface area contributed by atoms with Gasteiger partial charge < -0.3 is 5.32 Å². The highest BCUT2D eigenvalue weighted by atomic mass is 35.5. The van der Waals surface area contributed by atoms with Gasteiger partial charge in [-0.25, -0.2) is 4.98 Å². The molecule has 0 radical (unpaired) electrons. The molecule has 0 fully saturated rings. The van der Waals surface area contributed by atoms with Crippen molar-refractivity contribution in [1.82, 2.24) is 10.3 Å². The largest absolute Gasteiger partial charge is 0.310 e. The van der Waals surface area contributed by atoms with Crippen LogP contribution in [0.3, 0.4) is 0 Å². The molecule has 0 atom stereocenters. The van der Waals surface area contributed by atoms with Crippen LogP contribution in [0.15, 0.2) is 42.6 Å². The molecule has 2 aromatic carbocycles. The average molecular weight is 432 g/mol. The molecule has 0 amide bonds. The fourth-order valence-corrected chi connectivity index (χ4v) is 4.23. The number of aromatic nitrogens is 1. The van der Waals surface area contributed by atoms with Crippen molar-refractivity contribution in [2.45, 2.75) is 13.0 Å². The van der Waals surface area contributed by atoms with Crippen LogP contribution in [0.1, 0.15) is 10.6 Å². The third-order valence-electron chi connectivity index (χ3n) is 3.63. The number of thiazole rings is 1. The molecule has 130 valence electrons. The third-order valence-corrected chi connectivity index (χ3v) is 6.07. The topological polar surface area (TPSA) is 24.9 Å². The van der Waals surface area contributed by atoms with Gasteiger partial charge in [-0.3, -0.25) is 0 Å². The first-order valence-corrected chi connectivity index (χ1v) is 9.91. The van der Waals surface area contributed by atoms with Crippen molar-refractivity contribution in [3.8, 4) is 10.4 Å². The summed E-state index contributed by atoms with van der Waals surface area (Å²) in [6, 6.07) is 11.2. The predicted octanol–water partition coefficient (Wildman–Crippen LogP) is 6.76. The maximum absolute atomic E-state index is 6.27. The Kier molecular flexibility index (Phi) is 6.61. The molecule has 3 aromatic rings. The monoisotopic (exact) mass is 430 g/mol. The zero-order chi connectivity index (χ0) is 17.8. The number of nitrogens with zero attached hydrogens (tertiary/aromatic N) is 1. The lowest BCUT2D eigenvalue weighted by Crippen LogP contribution is -2.16. The van der Waals surface area contributed by atoms with E-state index >= 15 is 0 Å². The van der Waals surface area contributed by atoms with Crippen molar-refractivity contribution in [1.29, 1.82) is 0 Å². The molecule has 1 aromatic heterocycles. The molecule has 0 unspecified atom stereocenters. The highest BCUT2D eigenvalue weighted by molar-refractivity contribution is 7.15. The number of nitrogens with one attached hydrogen (secondary N) is 1. The maximum Gasteiger partial charge on any atom is 0.107 e. The number of halogens is 4. The second kappa shape index (κ2) is 8.72. The van der Waals surface area contributed by atoms with Crippen LogP contribution in [-0.2, 0) is 13.0 Å². The Hall–Kier alpha value is -0.810. The Bertz CT molecular complexity index is 879. The van der Waals surface area contributed by atoms with Crippen molar-refractivity contribution in [3.05, 3.63) is 73.3 Å². The van der Waals surface area contributed by atoms with Crippen LogP contribution in [0.2, 0.25) is 20.1 Å². The van der Waals surface area contributed by atoms with Crippen LogP contribution in [-0.4, -0.2) is 11.5 Å². The molecule has 0 aliphatic heterocycles. The number of hydrogen-bond donors (Lipinski definition) is 1. The van der Waals surface area contributed by atoms with Crippen LogP contribution in [0.25, 0.3) is 10.4 Å². The molecule has 2 nitrogen and oxygen atoms in total. The van der Waals surface area contributed by atoms with Crippen molar-refractivity contribution < 1.29 is 0 Å². The van der Waals surface area contributed by atoms with Gasteiger partial charge in [0, 0.05) is 28.4 Å². The van der Waals surface area contributed by atoms with Crippen LogP contribution in [0.5, 0.6) is 0 Å². The van der Waals surface area contributed by atoms with Crippen LogP contribution in [0.4, 0.5) is 0 Å². The molecule has 1 N–H and O–H groups in total. The van der Waals surface area contributed by atoms with Crippen molar-refractivity contribution in [3.63, 3.8) is 0 Å². The molecule has 25 heavy (non-hydrogen) atoms. The van der Waals surface area contributed by atoms with Gasteiger partial charge in [-0.2, -0.15) is 0 Å². The average Bonchev–Trinajstić information content (AvgIpc) is 3.04. The first-order chi connectivity index (χ1) is 12.0. The van der Waals surface area contributed by atoms with E-state index in [9.17, 15) is 0 Å². The molecule has 0 bridgehead atoms. The molecule has 0 saturated heterocycles. The lowest BCUT2D eigenvalue weighted by Gasteiger charge is -2.05. The minimum Gasteiger partial charge on any atom is -0.310 e. The Morgan fingerprint density at radius 1 is 1.00 bits per heavy atom. The predicted molar refractivity (Wildman–Crippen MR) is 109 cm³/mol. The summed E-state index contributed by atoms with van der Waals surface area (Å²) >= 11 is 26.0. The zero-order valence-corrected chi connectivity index (χ0v) is 16.9. The summed E-state index contributed by atoms with van der Waals surface area (Å²) in [5.74, 6) is 0. The van der Waals surface area contributed by atoms with Gasteiger partial charge in [0.25, 0.3) is 0 Å². The van der Waals surface area contributed by atoms with E-state index in [1.165, 1.54) is 0 Å². The fourth-order valence-electron chi connectivity index (χ4n) is 2.35. The van der Waals surface area contributed by atoms with Crippen LogP contribution >= 0.6 is 57.7 Å². The SMILES string of the molecule is Clc1ccc(CCNCc2ncc(-c3cccc(Cl)c3Cl)s2)c(Cl)c1. The van der Waals surface area contributed by atoms with E-state index in [2.05, 4.69) is 10.3 Å². The lowest BCUT2D eigenvalue weighted by atomic mass is 10.1. The Balaban J connectivity index is 1.56. The van der Waals surface area contributed by atoms with Gasteiger partial charge in [-0.15, -0.1) is 11.3 Å². The number of rotatable bonds is 6. The molecule has 0 aliphatic carbocycles. The summed E-state index contributed by atoms with van der Waals surface area (Å²) in [6.45, 7) is 1.49. The van der Waals surface area contributed by atoms with Crippen LogP contribution in [0, 0.1) is 0 Å². The first kappa shape index (κ1) is 19.0. The molecule has 0 aliphatic rings. The summed E-state index contributed by atoms with van der Waals surface area (Å²) in [4.78, 5) is 5.45. The molecule has 0 saturated carbocycles. The molecule has 7 heteroatoms. The summed E-state index contributed by atoms with van der Waals surface area (Å²) < 4.78 is 0. The second-order valence-electron chi connectivity index (χ2n) is 5.38. The normalized spacial score (nSPS) is 11.0. The molecular weight excluding hydrogens is 418 g/mol. The Morgan fingerprint density at radius 3 is 2.64 bits per heavy atom. The lowest BCUT2D eigenvalue weighted by molar-refractivity contribution is 0.684. The summed E-state index contributed by atoms with van der Waals surface area (Å²) in [6.07, 6.45) is 2.66. The standard InChI is InChI=1S/C18H14Cl4N2S/c19-12-5-4-11(15(21)8-12)6-7-23-10-17-24-9-16(25-17)13-2-1-3-14(20)18(13)22/h1-5,8-9,23H,6-7,10H2. The van der Waals surface area contributed by atoms with E-state index in [0.717, 1.165) is 34.0 Å². The van der Waals surface area contributed by atoms with E-state index in [1.807, 2.05) is 30.5 Å². The van der Waals surface area contributed by atoms with Crippen LogP contribution < -0.4 is 5.32 Å². The Labute approximate surface area is 170 Å². The van der Waals surface area contributed by atoms with Gasteiger partial charge in [-0.05, 0) is 36.7 Å². The molecule has 1 heterocycles. The Morgan fingerprint density at radius 2 is 1.84 bits per heavy atom. The van der Waals surface area contributed by atoms with Gasteiger partial charge in [0.15, 0.2) is 0 Å². The molecule has 3 rings (SSSR count).